The van der Waals surface area contributed by atoms with Gasteiger partial charge in [-0.15, -0.1) is 0 Å². The molecule has 1 unspecified atom stereocenters. The number of aromatic nitrogens is 1. The van der Waals surface area contributed by atoms with Crippen LogP contribution in [-0.2, 0) is 0 Å². The molecule has 0 aliphatic rings. The minimum absolute atomic E-state index is 0.160. The van der Waals surface area contributed by atoms with Crippen LogP contribution in [0, 0.1) is 5.82 Å². The molecule has 108 valence electrons. The van der Waals surface area contributed by atoms with Gasteiger partial charge in [-0.3, -0.25) is 0 Å². The fourth-order valence-electron chi connectivity index (χ4n) is 2.85. The Morgan fingerprint density at radius 1 is 1.05 bits per heavy atom. The topological polar surface area (TPSA) is 17.0 Å². The summed E-state index contributed by atoms with van der Waals surface area (Å²) in [6.07, 6.45) is 2.95. The van der Waals surface area contributed by atoms with Crippen molar-refractivity contribution < 1.29 is 4.39 Å². The number of hydrogen-bond donors (Lipinski definition) is 1. The monoisotopic (exact) mass is 282 g/mol. The van der Waals surface area contributed by atoms with Crippen LogP contribution >= 0.6 is 0 Å². The summed E-state index contributed by atoms with van der Waals surface area (Å²) in [5.74, 6) is -0.160. The molecule has 0 saturated heterocycles. The van der Waals surface area contributed by atoms with Crippen LogP contribution in [0.2, 0.25) is 0 Å². The van der Waals surface area contributed by atoms with Gasteiger partial charge in [-0.05, 0) is 43.8 Å². The summed E-state index contributed by atoms with van der Waals surface area (Å²) >= 11 is 0. The third-order valence-corrected chi connectivity index (χ3v) is 3.90. The van der Waals surface area contributed by atoms with Gasteiger partial charge in [0.1, 0.15) is 5.82 Å². The Morgan fingerprint density at radius 3 is 2.62 bits per heavy atom. The number of benzene rings is 2. The average molecular weight is 282 g/mol. The Morgan fingerprint density at radius 2 is 1.86 bits per heavy atom. The van der Waals surface area contributed by atoms with E-state index in [1.807, 2.05) is 43.6 Å². The molecule has 0 radical (unpaired) electrons. The summed E-state index contributed by atoms with van der Waals surface area (Å²) in [5, 5.41) is 3.89. The van der Waals surface area contributed by atoms with E-state index >= 15 is 0 Å². The highest BCUT2D eigenvalue weighted by Gasteiger charge is 2.16. The van der Waals surface area contributed by atoms with Gasteiger partial charge in [0.05, 0.1) is 11.6 Å². The molecule has 1 aromatic heterocycles. The maximum absolute atomic E-state index is 13.9. The Kier molecular flexibility index (Phi) is 4.02. The number of rotatable bonds is 5. The molecule has 3 rings (SSSR count). The Bertz CT molecular complexity index is 718. The maximum Gasteiger partial charge on any atom is 0.132 e. The van der Waals surface area contributed by atoms with Crippen molar-refractivity contribution in [3.05, 3.63) is 72.2 Å². The summed E-state index contributed by atoms with van der Waals surface area (Å²) in [7, 11) is 1.95. The molecule has 0 amide bonds. The molecule has 0 saturated carbocycles. The van der Waals surface area contributed by atoms with Crippen LogP contribution in [0.5, 0.6) is 0 Å². The first-order valence-corrected chi connectivity index (χ1v) is 7.26. The normalized spacial score (nSPS) is 12.7. The first kappa shape index (κ1) is 13.8. The van der Waals surface area contributed by atoms with Gasteiger partial charge < -0.3 is 9.88 Å². The van der Waals surface area contributed by atoms with Crippen molar-refractivity contribution in [1.82, 2.24) is 9.88 Å². The average Bonchev–Trinajstić information content (AvgIpc) is 2.94. The molecule has 1 N–H and O–H groups in total. The first-order valence-electron chi connectivity index (χ1n) is 7.26. The molecule has 2 aromatic carbocycles. The minimum atomic E-state index is -0.160. The summed E-state index contributed by atoms with van der Waals surface area (Å²) in [4.78, 5) is 0. The van der Waals surface area contributed by atoms with Gasteiger partial charge in [-0.1, -0.05) is 36.4 Å². The minimum Gasteiger partial charge on any atom is -0.340 e. The molecule has 1 heterocycles. The molecule has 3 aromatic rings. The largest absolute Gasteiger partial charge is 0.340 e. The van der Waals surface area contributed by atoms with Gasteiger partial charge in [0.15, 0.2) is 0 Å². The van der Waals surface area contributed by atoms with Crippen LogP contribution in [0.3, 0.4) is 0 Å². The number of nitrogens with one attached hydrogen (secondary N) is 1. The van der Waals surface area contributed by atoms with Crippen molar-refractivity contribution in [3.8, 4) is 0 Å². The molecule has 0 aliphatic heterocycles. The Hall–Kier alpha value is -2.13. The van der Waals surface area contributed by atoms with Gasteiger partial charge in [0, 0.05) is 11.6 Å². The lowest BCUT2D eigenvalue weighted by Crippen LogP contribution is -2.17. The van der Waals surface area contributed by atoms with E-state index in [9.17, 15) is 4.39 Å². The zero-order valence-electron chi connectivity index (χ0n) is 12.1. The van der Waals surface area contributed by atoms with Crippen molar-refractivity contribution >= 4 is 10.9 Å². The Labute approximate surface area is 124 Å². The highest BCUT2D eigenvalue weighted by molar-refractivity contribution is 5.81. The van der Waals surface area contributed by atoms with E-state index in [1.54, 1.807) is 6.07 Å². The van der Waals surface area contributed by atoms with Crippen LogP contribution in [0.25, 0.3) is 10.9 Å². The smallest absolute Gasteiger partial charge is 0.132 e. The zero-order chi connectivity index (χ0) is 14.7. The molecular formula is C18H19FN2. The van der Waals surface area contributed by atoms with Crippen molar-refractivity contribution in [2.75, 3.05) is 13.6 Å². The predicted octanol–water partition coefficient (Wildman–Crippen LogP) is 3.98. The predicted molar refractivity (Wildman–Crippen MR) is 85.0 cm³/mol. The molecule has 0 spiro atoms. The zero-order valence-corrected chi connectivity index (χ0v) is 12.1. The van der Waals surface area contributed by atoms with Crippen LogP contribution in [0.4, 0.5) is 4.39 Å². The van der Waals surface area contributed by atoms with Crippen molar-refractivity contribution in [2.45, 2.75) is 12.5 Å². The second-order valence-corrected chi connectivity index (χ2v) is 5.21. The molecule has 0 fully saturated rings. The van der Waals surface area contributed by atoms with Crippen molar-refractivity contribution in [2.24, 2.45) is 0 Å². The first-order chi connectivity index (χ1) is 10.3. The molecular weight excluding hydrogens is 263 g/mol. The second-order valence-electron chi connectivity index (χ2n) is 5.21. The van der Waals surface area contributed by atoms with Gasteiger partial charge in [0.2, 0.25) is 0 Å². The lowest BCUT2D eigenvalue weighted by atomic mass is 10.0. The van der Waals surface area contributed by atoms with E-state index < -0.39 is 0 Å². The summed E-state index contributed by atoms with van der Waals surface area (Å²) in [6.45, 7) is 0.911. The van der Waals surface area contributed by atoms with E-state index in [4.69, 9.17) is 0 Å². The third-order valence-electron chi connectivity index (χ3n) is 3.90. The molecule has 2 nitrogen and oxygen atoms in total. The van der Waals surface area contributed by atoms with E-state index in [0.717, 1.165) is 18.5 Å². The van der Waals surface area contributed by atoms with Crippen molar-refractivity contribution in [3.63, 3.8) is 0 Å². The fourth-order valence-corrected chi connectivity index (χ4v) is 2.85. The molecule has 0 bridgehead atoms. The van der Waals surface area contributed by atoms with Gasteiger partial charge in [0.25, 0.3) is 0 Å². The van der Waals surface area contributed by atoms with Gasteiger partial charge in [-0.2, -0.15) is 0 Å². The quantitative estimate of drug-likeness (QED) is 0.749. The summed E-state index contributed by atoms with van der Waals surface area (Å²) in [6, 6.07) is 17.7. The van der Waals surface area contributed by atoms with Crippen LogP contribution in [0.1, 0.15) is 18.0 Å². The standard InChI is InChI=1S/C18H19FN2/c1-20-12-10-17(14-6-3-2-4-7-14)21-13-11-15-16(19)8-5-9-18(15)21/h2-9,11,13,17,20H,10,12H2,1H3. The molecule has 1 atom stereocenters. The molecule has 21 heavy (non-hydrogen) atoms. The number of halogens is 1. The van der Waals surface area contributed by atoms with Crippen LogP contribution in [-0.4, -0.2) is 18.2 Å². The highest BCUT2D eigenvalue weighted by Crippen LogP contribution is 2.28. The highest BCUT2D eigenvalue weighted by atomic mass is 19.1. The number of fused-ring (bicyclic) bond motifs is 1. The summed E-state index contributed by atoms with van der Waals surface area (Å²) in [5.41, 5.74) is 2.19. The van der Waals surface area contributed by atoms with E-state index in [2.05, 4.69) is 22.0 Å². The lowest BCUT2D eigenvalue weighted by molar-refractivity contribution is 0.539. The number of nitrogens with zero attached hydrogens (tertiary/aromatic N) is 1. The number of hydrogen-bond acceptors (Lipinski definition) is 1. The second kappa shape index (κ2) is 6.10. The fraction of sp³-hybridized carbons (Fsp3) is 0.222. The molecule has 3 heteroatoms. The summed E-state index contributed by atoms with van der Waals surface area (Å²) < 4.78 is 16.1. The third kappa shape index (κ3) is 2.69. The van der Waals surface area contributed by atoms with Gasteiger partial charge in [-0.25, -0.2) is 4.39 Å². The SMILES string of the molecule is CNCCC(c1ccccc1)n1ccc2c(F)cccc21. The van der Waals surface area contributed by atoms with Crippen LogP contribution in [0.15, 0.2) is 60.8 Å². The van der Waals surface area contributed by atoms with E-state index in [-0.39, 0.29) is 11.9 Å². The van der Waals surface area contributed by atoms with Crippen LogP contribution < -0.4 is 5.32 Å². The Balaban J connectivity index is 2.08. The van der Waals surface area contributed by atoms with E-state index in [1.165, 1.54) is 11.6 Å². The van der Waals surface area contributed by atoms with E-state index in [0.29, 0.717) is 5.39 Å². The van der Waals surface area contributed by atoms with Gasteiger partial charge >= 0.3 is 0 Å². The van der Waals surface area contributed by atoms with Crippen molar-refractivity contribution in [1.29, 1.82) is 0 Å². The lowest BCUT2D eigenvalue weighted by Gasteiger charge is -2.21. The maximum atomic E-state index is 13.9. The molecule has 0 aliphatic carbocycles.